The van der Waals surface area contributed by atoms with Crippen molar-refractivity contribution in [3.8, 4) is 0 Å². The molecule has 0 saturated carbocycles. The zero-order chi connectivity index (χ0) is 59.9. The number of ether oxygens (including phenoxy) is 3. The second-order valence-corrected chi connectivity index (χ2v) is 25.2. The molecule has 0 amide bonds. The standard InChI is InChI=1S/C77H142O6/c1-4-7-10-13-16-19-21-23-25-27-29-31-33-35-37-38-40-41-43-45-47-49-51-53-55-58-61-64-67-70-76(79)82-73-74(72-81-75(78)69-66-63-60-57-18-15-12-9-6-3)83-77(80)71-68-65-62-59-56-54-52-50-48-46-44-42-39-36-34-32-30-28-26-24-22-20-17-14-11-8-5-2/h21-24,27-30,74H,4-20,25-26,31-73H2,1-3H3/b23-21-,24-22-,29-27-,30-28-. The van der Waals surface area contributed by atoms with Crippen LogP contribution >= 0.6 is 0 Å². The van der Waals surface area contributed by atoms with Gasteiger partial charge in [0.15, 0.2) is 6.10 Å². The number of carbonyl (C=O) groups is 3. The van der Waals surface area contributed by atoms with Crippen molar-refractivity contribution in [2.75, 3.05) is 13.2 Å². The van der Waals surface area contributed by atoms with Gasteiger partial charge in [-0.25, -0.2) is 0 Å². The molecule has 1 unspecified atom stereocenters. The van der Waals surface area contributed by atoms with Crippen LogP contribution in [0.4, 0.5) is 0 Å². The molecular weight excluding hydrogens is 1020 g/mol. The minimum Gasteiger partial charge on any atom is -0.462 e. The molecular formula is C77H142O6. The minimum absolute atomic E-state index is 0.0673. The summed E-state index contributed by atoms with van der Waals surface area (Å²) in [4.78, 5) is 38.3. The highest BCUT2D eigenvalue weighted by molar-refractivity contribution is 5.71. The molecule has 0 aromatic carbocycles. The van der Waals surface area contributed by atoms with Crippen molar-refractivity contribution in [2.24, 2.45) is 0 Å². The quantitative estimate of drug-likeness (QED) is 0.0261. The van der Waals surface area contributed by atoms with Gasteiger partial charge in [-0.15, -0.1) is 0 Å². The van der Waals surface area contributed by atoms with Crippen LogP contribution in [0.5, 0.6) is 0 Å². The highest BCUT2D eigenvalue weighted by Gasteiger charge is 2.19. The van der Waals surface area contributed by atoms with E-state index in [0.717, 1.165) is 70.6 Å². The van der Waals surface area contributed by atoms with Gasteiger partial charge in [-0.05, 0) is 83.5 Å². The molecule has 0 aromatic rings. The fourth-order valence-electron chi connectivity index (χ4n) is 11.2. The summed E-state index contributed by atoms with van der Waals surface area (Å²) in [6.45, 7) is 6.67. The van der Waals surface area contributed by atoms with Crippen LogP contribution in [0.1, 0.15) is 406 Å². The molecule has 0 aromatic heterocycles. The summed E-state index contributed by atoms with van der Waals surface area (Å²) in [7, 11) is 0. The van der Waals surface area contributed by atoms with Crippen LogP contribution in [0.2, 0.25) is 0 Å². The van der Waals surface area contributed by atoms with Crippen molar-refractivity contribution in [3.63, 3.8) is 0 Å². The van der Waals surface area contributed by atoms with Gasteiger partial charge in [0.05, 0.1) is 0 Å². The van der Waals surface area contributed by atoms with Crippen LogP contribution < -0.4 is 0 Å². The van der Waals surface area contributed by atoms with Gasteiger partial charge in [0.1, 0.15) is 13.2 Å². The molecule has 0 aliphatic carbocycles. The normalized spacial score (nSPS) is 12.3. The van der Waals surface area contributed by atoms with E-state index in [1.54, 1.807) is 0 Å². The maximum atomic E-state index is 12.9. The number of hydrogen-bond acceptors (Lipinski definition) is 6. The zero-order valence-electron chi connectivity index (χ0n) is 56.0. The van der Waals surface area contributed by atoms with Gasteiger partial charge in [-0.1, -0.05) is 352 Å². The van der Waals surface area contributed by atoms with E-state index in [1.807, 2.05) is 0 Å². The Morgan fingerprint density at radius 1 is 0.241 bits per heavy atom. The molecule has 0 bridgehead atoms. The first-order valence-electron chi connectivity index (χ1n) is 37.1. The lowest BCUT2D eigenvalue weighted by atomic mass is 10.0. The Morgan fingerprint density at radius 3 is 0.663 bits per heavy atom. The van der Waals surface area contributed by atoms with Gasteiger partial charge in [-0.2, -0.15) is 0 Å². The molecule has 486 valence electrons. The van der Waals surface area contributed by atoms with Gasteiger partial charge >= 0.3 is 17.9 Å². The Bertz CT molecular complexity index is 1430. The summed E-state index contributed by atoms with van der Waals surface area (Å²) in [6.07, 6.45) is 91.7. The predicted octanol–water partition coefficient (Wildman–Crippen LogP) is 25.7. The third kappa shape index (κ3) is 70.0. The van der Waals surface area contributed by atoms with Gasteiger partial charge in [0, 0.05) is 19.3 Å². The van der Waals surface area contributed by atoms with Gasteiger partial charge in [0.25, 0.3) is 0 Å². The molecule has 0 radical (unpaired) electrons. The SMILES string of the molecule is CCCCCCC/C=C\C/C=C\CCCCCCCCCCCCCCCCCCCC(=O)OCC(COC(=O)CCCCCCCCCCC)OC(=O)CCCCCCCCCCCCCCCCC/C=C\C/C=C\CCCCCCC. The summed E-state index contributed by atoms with van der Waals surface area (Å²) in [6, 6.07) is 0. The minimum atomic E-state index is -0.770. The monoisotopic (exact) mass is 1160 g/mol. The Hall–Kier alpha value is -2.63. The average molecular weight is 1160 g/mol. The molecule has 83 heavy (non-hydrogen) atoms. The summed E-state index contributed by atoms with van der Waals surface area (Å²) < 4.78 is 17.0. The van der Waals surface area contributed by atoms with E-state index in [4.69, 9.17) is 14.2 Å². The lowest BCUT2D eigenvalue weighted by Crippen LogP contribution is -2.30. The maximum absolute atomic E-state index is 12.9. The predicted molar refractivity (Wildman–Crippen MR) is 362 cm³/mol. The molecule has 1 atom stereocenters. The van der Waals surface area contributed by atoms with E-state index in [1.165, 1.54) is 295 Å². The molecule has 6 nitrogen and oxygen atoms in total. The van der Waals surface area contributed by atoms with E-state index >= 15 is 0 Å². The Kier molecular flexibility index (Phi) is 69.6. The van der Waals surface area contributed by atoms with E-state index in [9.17, 15) is 14.4 Å². The summed E-state index contributed by atoms with van der Waals surface area (Å²) in [5.74, 6) is -0.842. The second kappa shape index (κ2) is 71.8. The molecule has 0 fully saturated rings. The van der Waals surface area contributed by atoms with Crippen molar-refractivity contribution < 1.29 is 28.6 Å². The Balaban J connectivity index is 4.08. The van der Waals surface area contributed by atoms with Crippen LogP contribution in [0, 0.1) is 0 Å². The average Bonchev–Trinajstić information content (AvgIpc) is 3.49. The van der Waals surface area contributed by atoms with Crippen LogP contribution in [0.25, 0.3) is 0 Å². The van der Waals surface area contributed by atoms with Gasteiger partial charge in [-0.3, -0.25) is 14.4 Å². The topological polar surface area (TPSA) is 78.9 Å². The molecule has 0 rings (SSSR count). The van der Waals surface area contributed by atoms with Crippen molar-refractivity contribution >= 4 is 17.9 Å². The van der Waals surface area contributed by atoms with Gasteiger partial charge < -0.3 is 14.2 Å². The van der Waals surface area contributed by atoms with E-state index in [-0.39, 0.29) is 31.1 Å². The fraction of sp³-hybridized carbons (Fsp3) is 0.857. The van der Waals surface area contributed by atoms with Crippen molar-refractivity contribution in [1.29, 1.82) is 0 Å². The zero-order valence-corrected chi connectivity index (χ0v) is 56.0. The summed E-state index contributed by atoms with van der Waals surface area (Å²) in [5.41, 5.74) is 0. The maximum Gasteiger partial charge on any atom is 0.306 e. The number of allylic oxidation sites excluding steroid dienone is 8. The second-order valence-electron chi connectivity index (χ2n) is 25.2. The number of hydrogen-bond donors (Lipinski definition) is 0. The number of carbonyl (C=O) groups excluding carboxylic acids is 3. The summed E-state index contributed by atoms with van der Waals surface area (Å²) >= 11 is 0. The number of unbranched alkanes of at least 4 members (excludes halogenated alkanes) is 50. The smallest absolute Gasteiger partial charge is 0.306 e. The van der Waals surface area contributed by atoms with Crippen molar-refractivity contribution in [2.45, 2.75) is 412 Å². The molecule has 0 saturated heterocycles. The van der Waals surface area contributed by atoms with Crippen LogP contribution in [0.3, 0.4) is 0 Å². The van der Waals surface area contributed by atoms with Crippen molar-refractivity contribution in [1.82, 2.24) is 0 Å². The molecule has 0 heterocycles. The van der Waals surface area contributed by atoms with E-state index < -0.39 is 6.10 Å². The third-order valence-electron chi connectivity index (χ3n) is 16.8. The van der Waals surface area contributed by atoms with Gasteiger partial charge in [0.2, 0.25) is 0 Å². The largest absolute Gasteiger partial charge is 0.462 e. The van der Waals surface area contributed by atoms with Crippen LogP contribution in [-0.4, -0.2) is 37.2 Å². The first-order chi connectivity index (χ1) is 41.0. The Morgan fingerprint density at radius 2 is 0.434 bits per heavy atom. The van der Waals surface area contributed by atoms with E-state index in [0.29, 0.717) is 19.3 Å². The lowest BCUT2D eigenvalue weighted by Gasteiger charge is -2.18. The van der Waals surface area contributed by atoms with Crippen LogP contribution in [0.15, 0.2) is 48.6 Å². The third-order valence-corrected chi connectivity index (χ3v) is 16.8. The Labute approximate surface area is 518 Å². The van der Waals surface area contributed by atoms with Crippen molar-refractivity contribution in [3.05, 3.63) is 48.6 Å². The molecule has 0 spiro atoms. The lowest BCUT2D eigenvalue weighted by molar-refractivity contribution is -0.167. The molecule has 0 aliphatic heterocycles. The highest BCUT2D eigenvalue weighted by Crippen LogP contribution is 2.19. The van der Waals surface area contributed by atoms with Crippen LogP contribution in [-0.2, 0) is 28.6 Å². The molecule has 0 aliphatic rings. The van der Waals surface area contributed by atoms with E-state index in [2.05, 4.69) is 69.4 Å². The number of rotatable bonds is 69. The summed E-state index contributed by atoms with van der Waals surface area (Å²) in [5, 5.41) is 0. The highest BCUT2D eigenvalue weighted by atomic mass is 16.6. The molecule has 0 N–H and O–H groups in total. The fourth-order valence-corrected chi connectivity index (χ4v) is 11.2. The number of esters is 3. The first kappa shape index (κ1) is 80.4. The molecule has 6 heteroatoms. The first-order valence-corrected chi connectivity index (χ1v) is 37.1.